The van der Waals surface area contributed by atoms with E-state index in [1.54, 1.807) is 6.07 Å². The molecule has 0 saturated carbocycles. The van der Waals surface area contributed by atoms with Crippen LogP contribution in [0.3, 0.4) is 0 Å². The molecule has 0 bridgehead atoms. The van der Waals surface area contributed by atoms with Gasteiger partial charge in [-0.15, -0.1) is 0 Å². The van der Waals surface area contributed by atoms with Crippen molar-refractivity contribution in [3.63, 3.8) is 0 Å². The largest absolute Gasteiger partial charge is 0.447 e. The number of hydrogen-bond acceptors (Lipinski definition) is 6. The van der Waals surface area contributed by atoms with Gasteiger partial charge in [-0.2, -0.15) is 0 Å². The summed E-state index contributed by atoms with van der Waals surface area (Å²) < 4.78 is 52.6. The molecule has 1 fully saturated rings. The molecule has 1 aliphatic heterocycles. The Hall–Kier alpha value is -0.900. The maximum absolute atomic E-state index is 11.8. The molecule has 1 unspecified atom stereocenters. The highest BCUT2D eigenvalue weighted by Gasteiger charge is 2.28. The van der Waals surface area contributed by atoms with Gasteiger partial charge in [0.25, 0.3) is 10.0 Å². The van der Waals surface area contributed by atoms with E-state index in [4.69, 9.17) is 4.42 Å². The van der Waals surface area contributed by atoms with Gasteiger partial charge >= 0.3 is 0 Å². The monoisotopic (exact) mass is 322 g/mol. The molecule has 9 heteroatoms. The van der Waals surface area contributed by atoms with Crippen LogP contribution in [0, 0.1) is 0 Å². The lowest BCUT2D eigenvalue weighted by Gasteiger charge is -2.09. The minimum atomic E-state index is -3.57. The number of hydrogen-bond donors (Lipinski definition) is 1. The van der Waals surface area contributed by atoms with Crippen molar-refractivity contribution in [3.8, 4) is 0 Å². The summed E-state index contributed by atoms with van der Waals surface area (Å²) in [4.78, 5) is 0. The predicted molar refractivity (Wildman–Crippen MR) is 73.5 cm³/mol. The summed E-state index contributed by atoms with van der Waals surface area (Å²) in [6.07, 6.45) is 0.575. The van der Waals surface area contributed by atoms with Gasteiger partial charge in [0, 0.05) is 20.1 Å². The Bertz CT molecular complexity index is 675. The molecule has 20 heavy (non-hydrogen) atoms. The fourth-order valence-electron chi connectivity index (χ4n) is 1.97. The number of furan rings is 1. The van der Waals surface area contributed by atoms with Crippen molar-refractivity contribution < 1.29 is 21.3 Å². The first kappa shape index (κ1) is 15.5. The van der Waals surface area contributed by atoms with E-state index in [0.717, 1.165) is 4.31 Å². The molecule has 2 rings (SSSR count). The summed E-state index contributed by atoms with van der Waals surface area (Å²) in [5, 5.41) is 2.95. The third kappa shape index (κ3) is 3.40. The molecule has 0 spiro atoms. The number of nitrogens with one attached hydrogen (secondary N) is 1. The summed E-state index contributed by atoms with van der Waals surface area (Å²) >= 11 is 0. The second kappa shape index (κ2) is 5.47. The van der Waals surface area contributed by atoms with Gasteiger partial charge in [-0.3, -0.25) is 0 Å². The topological polar surface area (TPSA) is 96.7 Å². The summed E-state index contributed by atoms with van der Waals surface area (Å²) in [6.45, 7) is 0.309. The quantitative estimate of drug-likeness (QED) is 0.807. The van der Waals surface area contributed by atoms with Crippen LogP contribution in [0.25, 0.3) is 0 Å². The third-order valence-electron chi connectivity index (χ3n) is 3.17. The van der Waals surface area contributed by atoms with Crippen LogP contribution in [0.15, 0.2) is 21.6 Å². The smallest absolute Gasteiger partial charge is 0.275 e. The fourth-order valence-corrected chi connectivity index (χ4v) is 4.49. The molecule has 7 nitrogen and oxygen atoms in total. The number of sulfonamides is 1. The second-order valence-corrected chi connectivity index (χ2v) is 9.30. The van der Waals surface area contributed by atoms with Crippen LogP contribution in [-0.4, -0.2) is 52.8 Å². The lowest BCUT2D eigenvalue weighted by Crippen LogP contribution is -2.29. The van der Waals surface area contributed by atoms with Crippen molar-refractivity contribution in [1.29, 1.82) is 0 Å². The van der Waals surface area contributed by atoms with Gasteiger partial charge < -0.3 is 9.73 Å². The van der Waals surface area contributed by atoms with Crippen LogP contribution < -0.4 is 5.32 Å². The van der Waals surface area contributed by atoms with Gasteiger partial charge in [0.05, 0.1) is 18.1 Å². The van der Waals surface area contributed by atoms with Crippen molar-refractivity contribution in [2.24, 2.45) is 0 Å². The molecular weight excluding hydrogens is 304 g/mol. The van der Waals surface area contributed by atoms with Crippen molar-refractivity contribution in [2.45, 2.75) is 24.1 Å². The summed E-state index contributed by atoms with van der Waals surface area (Å²) in [5.41, 5.74) is 0. The van der Waals surface area contributed by atoms with Crippen molar-refractivity contribution in [1.82, 2.24) is 9.62 Å². The molecule has 0 aromatic carbocycles. The number of nitrogens with zero attached hydrogens (tertiary/aromatic N) is 1. The molecule has 1 aliphatic rings. The molecule has 1 N–H and O–H groups in total. The molecule has 1 aromatic heterocycles. The maximum Gasteiger partial charge on any atom is 0.275 e. The first-order chi connectivity index (χ1) is 9.21. The maximum atomic E-state index is 11.8. The molecule has 1 aromatic rings. The normalized spacial score (nSPS) is 22.4. The average molecular weight is 322 g/mol. The minimum absolute atomic E-state index is 0.0981. The van der Waals surface area contributed by atoms with E-state index in [1.165, 1.54) is 20.2 Å². The first-order valence-electron chi connectivity index (χ1n) is 6.16. The van der Waals surface area contributed by atoms with Crippen LogP contribution in [0.4, 0.5) is 0 Å². The number of rotatable bonds is 5. The van der Waals surface area contributed by atoms with E-state index in [9.17, 15) is 16.8 Å². The minimum Gasteiger partial charge on any atom is -0.447 e. The Morgan fingerprint density at radius 2 is 2.10 bits per heavy atom. The first-order valence-corrected chi connectivity index (χ1v) is 9.42. The van der Waals surface area contributed by atoms with E-state index in [0.29, 0.717) is 18.7 Å². The Morgan fingerprint density at radius 3 is 2.65 bits per heavy atom. The fraction of sp³-hybridized carbons (Fsp3) is 0.636. The Morgan fingerprint density at radius 1 is 1.40 bits per heavy atom. The summed E-state index contributed by atoms with van der Waals surface area (Å²) in [5.74, 6) is 0.786. The van der Waals surface area contributed by atoms with Gasteiger partial charge in [-0.1, -0.05) is 0 Å². The van der Waals surface area contributed by atoms with Gasteiger partial charge in [-0.25, -0.2) is 21.1 Å². The highest BCUT2D eigenvalue weighted by atomic mass is 32.2. The molecule has 0 radical (unpaired) electrons. The molecule has 114 valence electrons. The van der Waals surface area contributed by atoms with Crippen LogP contribution in [-0.2, 0) is 26.4 Å². The molecule has 0 aliphatic carbocycles. The van der Waals surface area contributed by atoms with Gasteiger partial charge in [0.2, 0.25) is 5.09 Å². The van der Waals surface area contributed by atoms with Crippen LogP contribution >= 0.6 is 0 Å². The van der Waals surface area contributed by atoms with E-state index in [2.05, 4.69) is 5.32 Å². The molecule has 0 amide bonds. The highest BCUT2D eigenvalue weighted by molar-refractivity contribution is 7.91. The van der Waals surface area contributed by atoms with Crippen LogP contribution in [0.2, 0.25) is 0 Å². The predicted octanol–water partition coefficient (Wildman–Crippen LogP) is -0.193. The lowest BCUT2D eigenvalue weighted by molar-refractivity contribution is 0.382. The van der Waals surface area contributed by atoms with Crippen molar-refractivity contribution in [3.05, 3.63) is 17.9 Å². The van der Waals surface area contributed by atoms with Gasteiger partial charge in [-0.05, 0) is 18.6 Å². The summed E-state index contributed by atoms with van der Waals surface area (Å²) in [7, 11) is -3.63. The van der Waals surface area contributed by atoms with Gasteiger partial charge in [0.1, 0.15) is 5.76 Å². The molecule has 1 saturated heterocycles. The van der Waals surface area contributed by atoms with Crippen LogP contribution in [0.5, 0.6) is 0 Å². The number of sulfone groups is 1. The van der Waals surface area contributed by atoms with Crippen LogP contribution in [0.1, 0.15) is 12.2 Å². The van der Waals surface area contributed by atoms with Crippen molar-refractivity contribution in [2.75, 3.05) is 25.6 Å². The highest BCUT2D eigenvalue weighted by Crippen LogP contribution is 2.17. The second-order valence-electron chi connectivity index (χ2n) is 4.99. The Balaban J connectivity index is 1.98. The van der Waals surface area contributed by atoms with E-state index in [-0.39, 0.29) is 22.6 Å². The molecule has 1 atom stereocenters. The summed E-state index contributed by atoms with van der Waals surface area (Å²) in [6, 6.07) is 2.88. The van der Waals surface area contributed by atoms with E-state index in [1.807, 2.05) is 0 Å². The Labute approximate surface area is 118 Å². The van der Waals surface area contributed by atoms with E-state index < -0.39 is 19.9 Å². The van der Waals surface area contributed by atoms with Gasteiger partial charge in [0.15, 0.2) is 9.84 Å². The SMILES string of the molecule is CN(C)S(=O)(=O)c1ccc(CNC2CCS(=O)(=O)C2)o1. The van der Waals surface area contributed by atoms with E-state index >= 15 is 0 Å². The average Bonchev–Trinajstić information content (AvgIpc) is 2.93. The molecular formula is C11H18N2O5S2. The lowest BCUT2D eigenvalue weighted by atomic mass is 10.2. The Kier molecular flexibility index (Phi) is 4.24. The third-order valence-corrected chi connectivity index (χ3v) is 6.63. The van der Waals surface area contributed by atoms with Crippen molar-refractivity contribution >= 4 is 19.9 Å². The zero-order valence-corrected chi connectivity index (χ0v) is 13.0. The molecule has 2 heterocycles. The standard InChI is InChI=1S/C11H18N2O5S2/c1-13(2)20(16,17)11-4-3-10(18-11)7-12-9-5-6-19(14,15)8-9/h3-4,9,12H,5-8H2,1-2H3. The zero-order valence-electron chi connectivity index (χ0n) is 11.4. The zero-order chi connectivity index (χ0) is 15.0.